The molecule has 1 aromatic heterocycles. The van der Waals surface area contributed by atoms with Gasteiger partial charge in [-0.05, 0) is 44.2 Å². The average Bonchev–Trinajstić information content (AvgIpc) is 3.22. The molecular formula is C23H32N4O2S. The number of hydrogen-bond donors (Lipinski definition) is 2. The number of likely N-dealkylation sites (tertiary alicyclic amines) is 1. The van der Waals surface area contributed by atoms with Crippen molar-refractivity contribution in [2.75, 3.05) is 19.6 Å². The Morgan fingerprint density at radius 1 is 1.07 bits per heavy atom. The summed E-state index contributed by atoms with van der Waals surface area (Å²) in [4.78, 5) is 31.3. The zero-order valence-corrected chi connectivity index (χ0v) is 18.4. The van der Waals surface area contributed by atoms with E-state index in [1.807, 2.05) is 11.0 Å². The van der Waals surface area contributed by atoms with E-state index in [9.17, 15) is 9.59 Å². The van der Waals surface area contributed by atoms with Gasteiger partial charge in [0.2, 0.25) is 5.91 Å². The van der Waals surface area contributed by atoms with Crippen molar-refractivity contribution < 1.29 is 9.59 Å². The van der Waals surface area contributed by atoms with Crippen LogP contribution < -0.4 is 10.6 Å². The first kappa shape index (κ1) is 21.1. The summed E-state index contributed by atoms with van der Waals surface area (Å²) >= 11 is 1.78. The number of aromatic nitrogens is 1. The summed E-state index contributed by atoms with van der Waals surface area (Å²) in [6.07, 6.45) is 8.99. The Bertz CT molecular complexity index is 821. The van der Waals surface area contributed by atoms with Gasteiger partial charge in [-0.2, -0.15) is 0 Å². The Morgan fingerprint density at radius 3 is 2.60 bits per heavy atom. The standard InChI is InChI=1S/C23H32N4O2S/c28-21(11-6-14-24-23(29)25-18-7-2-1-3-8-18)27-15-12-17(13-16-27)22-26-19-9-4-5-10-20(19)30-22/h4-5,9-10,17-18H,1-3,6-8,11-16H2,(H2,24,25,29). The Labute approximate surface area is 182 Å². The Kier molecular flexibility index (Phi) is 7.20. The molecule has 1 aliphatic carbocycles. The van der Waals surface area contributed by atoms with Gasteiger partial charge < -0.3 is 15.5 Å². The second kappa shape index (κ2) is 10.2. The van der Waals surface area contributed by atoms with Gasteiger partial charge >= 0.3 is 6.03 Å². The van der Waals surface area contributed by atoms with Gasteiger partial charge in [0.15, 0.2) is 0 Å². The van der Waals surface area contributed by atoms with Crippen LogP contribution in [0.1, 0.15) is 68.7 Å². The van der Waals surface area contributed by atoms with Crippen LogP contribution in [0.4, 0.5) is 4.79 Å². The minimum Gasteiger partial charge on any atom is -0.343 e. The van der Waals surface area contributed by atoms with Crippen LogP contribution in [0.3, 0.4) is 0 Å². The van der Waals surface area contributed by atoms with Gasteiger partial charge in [0.25, 0.3) is 0 Å². The highest BCUT2D eigenvalue weighted by molar-refractivity contribution is 7.18. The number of nitrogens with zero attached hydrogens (tertiary/aromatic N) is 2. The van der Waals surface area contributed by atoms with Gasteiger partial charge in [0.1, 0.15) is 0 Å². The van der Waals surface area contributed by atoms with Crippen LogP contribution in [0.15, 0.2) is 24.3 Å². The van der Waals surface area contributed by atoms with Crippen molar-refractivity contribution in [3.63, 3.8) is 0 Å². The lowest BCUT2D eigenvalue weighted by molar-refractivity contribution is -0.132. The van der Waals surface area contributed by atoms with Crippen molar-refractivity contribution in [2.24, 2.45) is 0 Å². The maximum Gasteiger partial charge on any atom is 0.315 e. The molecule has 1 aromatic carbocycles. The Hall–Kier alpha value is -2.15. The summed E-state index contributed by atoms with van der Waals surface area (Å²) in [6.45, 7) is 2.15. The van der Waals surface area contributed by atoms with E-state index < -0.39 is 0 Å². The minimum absolute atomic E-state index is 0.0917. The fraction of sp³-hybridized carbons (Fsp3) is 0.609. The average molecular weight is 429 g/mol. The van der Waals surface area contributed by atoms with E-state index in [-0.39, 0.29) is 11.9 Å². The lowest BCUT2D eigenvalue weighted by Crippen LogP contribution is -2.43. The van der Waals surface area contributed by atoms with E-state index in [1.165, 1.54) is 29.0 Å². The maximum absolute atomic E-state index is 12.5. The van der Waals surface area contributed by atoms with E-state index in [1.54, 1.807) is 11.3 Å². The van der Waals surface area contributed by atoms with E-state index in [2.05, 4.69) is 28.8 Å². The van der Waals surface area contributed by atoms with E-state index in [0.717, 1.165) is 44.3 Å². The molecule has 2 aliphatic rings. The lowest BCUT2D eigenvalue weighted by atomic mass is 9.96. The van der Waals surface area contributed by atoms with Gasteiger partial charge in [0, 0.05) is 38.0 Å². The molecule has 1 saturated carbocycles. The van der Waals surface area contributed by atoms with Crippen LogP contribution in [0.5, 0.6) is 0 Å². The maximum atomic E-state index is 12.5. The van der Waals surface area contributed by atoms with Crippen molar-refractivity contribution in [1.29, 1.82) is 0 Å². The van der Waals surface area contributed by atoms with Crippen molar-refractivity contribution in [1.82, 2.24) is 20.5 Å². The van der Waals surface area contributed by atoms with Crippen LogP contribution in [-0.4, -0.2) is 47.5 Å². The number of rotatable bonds is 6. The van der Waals surface area contributed by atoms with Crippen LogP contribution in [0.2, 0.25) is 0 Å². The highest BCUT2D eigenvalue weighted by atomic mass is 32.1. The molecule has 2 fully saturated rings. The molecule has 0 spiro atoms. The number of carbonyl (C=O) groups excluding carboxylic acids is 2. The molecule has 3 amide bonds. The molecule has 1 saturated heterocycles. The van der Waals surface area contributed by atoms with Crippen molar-refractivity contribution >= 4 is 33.5 Å². The van der Waals surface area contributed by atoms with Gasteiger partial charge in [-0.1, -0.05) is 31.4 Å². The number of benzene rings is 1. The molecule has 0 unspecified atom stereocenters. The zero-order chi connectivity index (χ0) is 20.8. The smallest absolute Gasteiger partial charge is 0.315 e. The summed E-state index contributed by atoms with van der Waals surface area (Å²) in [6, 6.07) is 8.50. The fourth-order valence-corrected chi connectivity index (χ4v) is 5.66. The molecule has 162 valence electrons. The number of fused-ring (bicyclic) bond motifs is 1. The van der Waals surface area contributed by atoms with Gasteiger partial charge in [0.05, 0.1) is 15.2 Å². The number of para-hydroxylation sites is 1. The molecule has 4 rings (SSSR count). The number of hydrogen-bond acceptors (Lipinski definition) is 4. The third kappa shape index (κ3) is 5.50. The molecule has 0 bridgehead atoms. The monoisotopic (exact) mass is 428 g/mol. The Balaban J connectivity index is 1.13. The van der Waals surface area contributed by atoms with Crippen molar-refractivity contribution in [2.45, 2.75) is 69.7 Å². The van der Waals surface area contributed by atoms with Crippen LogP contribution in [-0.2, 0) is 4.79 Å². The van der Waals surface area contributed by atoms with E-state index in [0.29, 0.717) is 31.3 Å². The quantitative estimate of drug-likeness (QED) is 0.669. The molecule has 2 aromatic rings. The fourth-order valence-electron chi connectivity index (χ4n) is 4.52. The first-order chi connectivity index (χ1) is 14.7. The number of amides is 3. The highest BCUT2D eigenvalue weighted by Gasteiger charge is 2.25. The molecule has 0 atom stereocenters. The van der Waals surface area contributed by atoms with Gasteiger partial charge in [-0.3, -0.25) is 4.79 Å². The van der Waals surface area contributed by atoms with Crippen LogP contribution >= 0.6 is 11.3 Å². The summed E-state index contributed by atoms with van der Waals surface area (Å²) in [7, 11) is 0. The predicted molar refractivity (Wildman–Crippen MR) is 121 cm³/mol. The molecule has 30 heavy (non-hydrogen) atoms. The van der Waals surface area contributed by atoms with E-state index >= 15 is 0 Å². The lowest BCUT2D eigenvalue weighted by Gasteiger charge is -2.31. The molecule has 2 N–H and O–H groups in total. The summed E-state index contributed by atoms with van der Waals surface area (Å²) in [5.74, 6) is 0.656. The van der Waals surface area contributed by atoms with Crippen molar-refractivity contribution in [3.8, 4) is 0 Å². The molecule has 6 nitrogen and oxygen atoms in total. The first-order valence-electron chi connectivity index (χ1n) is 11.4. The second-order valence-corrected chi connectivity index (χ2v) is 9.58. The summed E-state index contributed by atoms with van der Waals surface area (Å²) in [5.41, 5.74) is 1.08. The number of piperidine rings is 1. The number of urea groups is 1. The summed E-state index contributed by atoms with van der Waals surface area (Å²) < 4.78 is 1.24. The zero-order valence-electron chi connectivity index (χ0n) is 17.6. The minimum atomic E-state index is -0.0917. The third-order valence-corrected chi connectivity index (χ3v) is 7.50. The molecule has 0 radical (unpaired) electrons. The first-order valence-corrected chi connectivity index (χ1v) is 12.2. The number of thiazole rings is 1. The Morgan fingerprint density at radius 2 is 1.83 bits per heavy atom. The highest BCUT2D eigenvalue weighted by Crippen LogP contribution is 2.33. The molecule has 1 aliphatic heterocycles. The number of nitrogens with one attached hydrogen (secondary N) is 2. The number of carbonyl (C=O) groups is 2. The molecule has 2 heterocycles. The summed E-state index contributed by atoms with van der Waals surface area (Å²) in [5, 5.41) is 7.16. The van der Waals surface area contributed by atoms with Crippen LogP contribution in [0, 0.1) is 0 Å². The van der Waals surface area contributed by atoms with Crippen molar-refractivity contribution in [3.05, 3.63) is 29.3 Å². The largest absolute Gasteiger partial charge is 0.343 e. The van der Waals surface area contributed by atoms with E-state index in [4.69, 9.17) is 4.98 Å². The normalized spacial score (nSPS) is 18.5. The van der Waals surface area contributed by atoms with Crippen LogP contribution in [0.25, 0.3) is 10.2 Å². The molecule has 7 heteroatoms. The third-order valence-electron chi connectivity index (χ3n) is 6.30. The molecular weight excluding hydrogens is 396 g/mol. The van der Waals surface area contributed by atoms with Gasteiger partial charge in [-0.15, -0.1) is 11.3 Å². The predicted octanol–water partition coefficient (Wildman–Crippen LogP) is 4.41. The SMILES string of the molecule is O=C(NCCCC(=O)N1CCC(c2nc3ccccc3s2)CC1)NC1CCCCC1. The topological polar surface area (TPSA) is 74.3 Å². The van der Waals surface area contributed by atoms with Gasteiger partial charge in [-0.25, -0.2) is 9.78 Å². The second-order valence-electron chi connectivity index (χ2n) is 8.51.